The van der Waals surface area contributed by atoms with Crippen LogP contribution in [0.15, 0.2) is 28.8 Å². The van der Waals surface area contributed by atoms with Crippen LogP contribution in [0, 0.1) is 13.8 Å². The lowest BCUT2D eigenvalue weighted by Crippen LogP contribution is -2.20. The SMILES string of the molecule is Cc1cc(NC(=O)COc2cc(C(C)C)ccc2C)no1. The van der Waals surface area contributed by atoms with Crippen molar-refractivity contribution in [2.24, 2.45) is 0 Å². The number of benzene rings is 1. The van der Waals surface area contributed by atoms with Crippen molar-refractivity contribution in [3.8, 4) is 5.75 Å². The van der Waals surface area contributed by atoms with Gasteiger partial charge >= 0.3 is 0 Å². The van der Waals surface area contributed by atoms with E-state index in [1.165, 1.54) is 5.56 Å². The molecule has 112 valence electrons. The van der Waals surface area contributed by atoms with Crippen molar-refractivity contribution in [3.05, 3.63) is 41.2 Å². The molecule has 0 bridgehead atoms. The van der Waals surface area contributed by atoms with Gasteiger partial charge in [-0.3, -0.25) is 4.79 Å². The minimum atomic E-state index is -0.266. The molecule has 2 aromatic rings. The van der Waals surface area contributed by atoms with Gasteiger partial charge < -0.3 is 14.6 Å². The van der Waals surface area contributed by atoms with Gasteiger partial charge in [0.05, 0.1) is 0 Å². The van der Waals surface area contributed by atoms with Gasteiger partial charge in [-0.2, -0.15) is 0 Å². The van der Waals surface area contributed by atoms with Crippen LogP contribution >= 0.6 is 0 Å². The zero-order valence-electron chi connectivity index (χ0n) is 12.8. The van der Waals surface area contributed by atoms with Gasteiger partial charge in [-0.1, -0.05) is 31.1 Å². The highest BCUT2D eigenvalue weighted by Crippen LogP contribution is 2.24. The van der Waals surface area contributed by atoms with E-state index in [-0.39, 0.29) is 12.5 Å². The maximum atomic E-state index is 11.8. The van der Waals surface area contributed by atoms with E-state index in [0.29, 0.717) is 17.5 Å². The number of aromatic nitrogens is 1. The third kappa shape index (κ3) is 4.08. The van der Waals surface area contributed by atoms with Crippen molar-refractivity contribution in [2.45, 2.75) is 33.6 Å². The van der Waals surface area contributed by atoms with Crippen LogP contribution in [0.4, 0.5) is 5.82 Å². The fraction of sp³-hybridized carbons (Fsp3) is 0.375. The first kappa shape index (κ1) is 15.1. The molecule has 0 atom stereocenters. The summed E-state index contributed by atoms with van der Waals surface area (Å²) >= 11 is 0. The lowest BCUT2D eigenvalue weighted by molar-refractivity contribution is -0.118. The molecule has 1 heterocycles. The summed E-state index contributed by atoms with van der Waals surface area (Å²) in [6, 6.07) is 7.71. The van der Waals surface area contributed by atoms with Crippen LogP contribution < -0.4 is 10.1 Å². The number of hydrogen-bond acceptors (Lipinski definition) is 4. The highest BCUT2D eigenvalue weighted by molar-refractivity contribution is 5.90. The zero-order chi connectivity index (χ0) is 15.4. The summed E-state index contributed by atoms with van der Waals surface area (Å²) in [5.74, 6) is 1.92. The molecule has 0 aliphatic carbocycles. The number of hydrogen-bond donors (Lipinski definition) is 1. The molecule has 0 saturated carbocycles. The Morgan fingerprint density at radius 1 is 1.33 bits per heavy atom. The number of aryl methyl sites for hydroxylation is 2. The molecule has 5 heteroatoms. The number of carbonyl (C=O) groups excluding carboxylic acids is 1. The van der Waals surface area contributed by atoms with Crippen molar-refractivity contribution < 1.29 is 14.1 Å². The molecule has 0 radical (unpaired) electrons. The Morgan fingerprint density at radius 3 is 2.71 bits per heavy atom. The van der Waals surface area contributed by atoms with Crippen LogP contribution in [-0.2, 0) is 4.79 Å². The second kappa shape index (κ2) is 6.43. The number of amides is 1. The first-order valence-corrected chi connectivity index (χ1v) is 6.92. The molecule has 1 aromatic carbocycles. The average molecular weight is 288 g/mol. The van der Waals surface area contributed by atoms with Crippen LogP contribution in [0.1, 0.15) is 36.7 Å². The molecule has 1 amide bonds. The largest absolute Gasteiger partial charge is 0.483 e. The topological polar surface area (TPSA) is 64.4 Å². The second-order valence-electron chi connectivity index (χ2n) is 5.34. The summed E-state index contributed by atoms with van der Waals surface area (Å²) < 4.78 is 10.5. The molecule has 0 fully saturated rings. The Bertz CT molecular complexity index is 632. The monoisotopic (exact) mass is 288 g/mol. The summed E-state index contributed by atoms with van der Waals surface area (Å²) in [4.78, 5) is 11.8. The summed E-state index contributed by atoms with van der Waals surface area (Å²) in [7, 11) is 0. The molecular weight excluding hydrogens is 268 g/mol. The summed E-state index contributed by atoms with van der Waals surface area (Å²) in [5, 5.41) is 6.32. The first-order valence-electron chi connectivity index (χ1n) is 6.92. The predicted molar refractivity (Wildman–Crippen MR) is 80.6 cm³/mol. The maximum Gasteiger partial charge on any atom is 0.263 e. The lowest BCUT2D eigenvalue weighted by Gasteiger charge is -2.12. The first-order chi connectivity index (χ1) is 9.95. The van der Waals surface area contributed by atoms with Crippen molar-refractivity contribution >= 4 is 11.7 Å². The summed E-state index contributed by atoms with van der Waals surface area (Å²) in [6.45, 7) is 7.90. The summed E-state index contributed by atoms with van der Waals surface area (Å²) in [5.41, 5.74) is 2.19. The highest BCUT2D eigenvalue weighted by Gasteiger charge is 2.09. The van der Waals surface area contributed by atoms with Gasteiger partial charge in [-0.05, 0) is 37.0 Å². The number of ether oxygens (including phenoxy) is 1. The summed E-state index contributed by atoms with van der Waals surface area (Å²) in [6.07, 6.45) is 0. The predicted octanol–water partition coefficient (Wildman–Crippen LogP) is 3.43. The molecule has 1 aromatic heterocycles. The molecule has 1 N–H and O–H groups in total. The second-order valence-corrected chi connectivity index (χ2v) is 5.34. The standard InChI is InChI=1S/C16H20N2O3/c1-10(2)13-6-5-11(3)14(8-13)20-9-16(19)17-15-7-12(4)21-18-15/h5-8,10H,9H2,1-4H3,(H,17,18,19). The molecule has 0 saturated heterocycles. The normalized spacial score (nSPS) is 10.7. The number of carbonyl (C=O) groups is 1. The van der Waals surface area contributed by atoms with Gasteiger partial charge in [-0.25, -0.2) is 0 Å². The zero-order valence-corrected chi connectivity index (χ0v) is 12.8. The van der Waals surface area contributed by atoms with Crippen molar-refractivity contribution in [1.82, 2.24) is 5.16 Å². The average Bonchev–Trinajstić information content (AvgIpc) is 2.82. The maximum absolute atomic E-state index is 11.8. The lowest BCUT2D eigenvalue weighted by atomic mass is 10.0. The van der Waals surface area contributed by atoms with Crippen LogP contribution in [-0.4, -0.2) is 17.7 Å². The Kier molecular flexibility index (Phi) is 4.62. The van der Waals surface area contributed by atoms with Gasteiger partial charge in [0.1, 0.15) is 11.5 Å². The number of anilines is 1. The van der Waals surface area contributed by atoms with E-state index in [1.54, 1.807) is 13.0 Å². The molecule has 21 heavy (non-hydrogen) atoms. The van der Waals surface area contributed by atoms with E-state index in [4.69, 9.17) is 9.26 Å². The molecule has 0 spiro atoms. The van der Waals surface area contributed by atoms with Crippen molar-refractivity contribution in [2.75, 3.05) is 11.9 Å². The van der Waals surface area contributed by atoms with E-state index in [9.17, 15) is 4.79 Å². The molecule has 0 unspecified atom stereocenters. The Balaban J connectivity index is 1.96. The van der Waals surface area contributed by atoms with Gasteiger partial charge in [-0.15, -0.1) is 0 Å². The van der Waals surface area contributed by atoms with E-state index in [2.05, 4.69) is 30.4 Å². The highest BCUT2D eigenvalue weighted by atomic mass is 16.5. The molecular formula is C16H20N2O3. The van der Waals surface area contributed by atoms with Crippen molar-refractivity contribution in [3.63, 3.8) is 0 Å². The Hall–Kier alpha value is -2.30. The van der Waals surface area contributed by atoms with E-state index >= 15 is 0 Å². The van der Waals surface area contributed by atoms with Gasteiger partial charge in [0.15, 0.2) is 12.4 Å². The fourth-order valence-corrected chi connectivity index (χ4v) is 1.88. The fourth-order valence-electron chi connectivity index (χ4n) is 1.88. The molecule has 0 aliphatic rings. The third-order valence-electron chi connectivity index (χ3n) is 3.13. The molecule has 2 rings (SSSR count). The van der Waals surface area contributed by atoms with Crippen LogP contribution in [0.3, 0.4) is 0 Å². The van der Waals surface area contributed by atoms with Gasteiger partial charge in [0, 0.05) is 6.07 Å². The van der Waals surface area contributed by atoms with Crippen LogP contribution in [0.2, 0.25) is 0 Å². The minimum Gasteiger partial charge on any atom is -0.483 e. The van der Waals surface area contributed by atoms with Crippen LogP contribution in [0.25, 0.3) is 0 Å². The number of rotatable bonds is 5. The van der Waals surface area contributed by atoms with Crippen LogP contribution in [0.5, 0.6) is 5.75 Å². The van der Waals surface area contributed by atoms with Gasteiger partial charge in [0.2, 0.25) is 0 Å². The molecule has 0 aliphatic heterocycles. The smallest absolute Gasteiger partial charge is 0.263 e. The third-order valence-corrected chi connectivity index (χ3v) is 3.13. The van der Waals surface area contributed by atoms with E-state index in [1.807, 2.05) is 19.1 Å². The number of nitrogens with zero attached hydrogens (tertiary/aromatic N) is 1. The van der Waals surface area contributed by atoms with Crippen molar-refractivity contribution in [1.29, 1.82) is 0 Å². The van der Waals surface area contributed by atoms with E-state index < -0.39 is 0 Å². The molecule has 5 nitrogen and oxygen atoms in total. The Labute approximate surface area is 124 Å². The Morgan fingerprint density at radius 2 is 2.10 bits per heavy atom. The van der Waals surface area contributed by atoms with E-state index in [0.717, 1.165) is 11.3 Å². The van der Waals surface area contributed by atoms with Gasteiger partial charge in [0.25, 0.3) is 5.91 Å². The number of nitrogens with one attached hydrogen (secondary N) is 1. The quantitative estimate of drug-likeness (QED) is 0.915. The minimum absolute atomic E-state index is 0.0612.